The van der Waals surface area contributed by atoms with Gasteiger partial charge in [0.15, 0.2) is 17.0 Å². The summed E-state index contributed by atoms with van der Waals surface area (Å²) in [6.07, 6.45) is 4.85. The van der Waals surface area contributed by atoms with Gasteiger partial charge in [0, 0.05) is 31.1 Å². The monoisotopic (exact) mass is 513 g/mol. The molecule has 1 unspecified atom stereocenters. The van der Waals surface area contributed by atoms with Crippen molar-refractivity contribution in [2.24, 2.45) is 10.9 Å². The predicted molar refractivity (Wildman–Crippen MR) is 131 cm³/mol. The lowest BCUT2D eigenvalue weighted by Gasteiger charge is -2.35. The summed E-state index contributed by atoms with van der Waals surface area (Å²) >= 11 is 0. The Morgan fingerprint density at radius 1 is 1.30 bits per heavy atom. The molecule has 1 aliphatic heterocycles. The molecule has 4 rings (SSSR count). The third-order valence-corrected chi connectivity index (χ3v) is 6.03. The Hall–Kier alpha value is -3.85. The second-order valence-corrected chi connectivity index (χ2v) is 8.62. The van der Waals surface area contributed by atoms with Crippen molar-refractivity contribution in [3.63, 3.8) is 0 Å². The number of ether oxygens (including phenoxy) is 1. The molecule has 0 saturated carbocycles. The highest BCUT2D eigenvalue weighted by Gasteiger charge is 2.32. The zero-order valence-electron chi connectivity index (χ0n) is 20.6. The molecule has 3 aromatic heterocycles. The molecule has 0 radical (unpaired) electrons. The van der Waals surface area contributed by atoms with Crippen molar-refractivity contribution in [1.82, 2.24) is 29.4 Å². The number of morpholine rings is 1. The van der Waals surface area contributed by atoms with Gasteiger partial charge in [0.2, 0.25) is 5.91 Å². The number of amides is 1. The summed E-state index contributed by atoms with van der Waals surface area (Å²) in [5.41, 5.74) is 0.246. The van der Waals surface area contributed by atoms with Gasteiger partial charge in [-0.25, -0.2) is 19.9 Å². The molecule has 1 fully saturated rings. The predicted octanol–water partition coefficient (Wildman–Crippen LogP) is 3.90. The van der Waals surface area contributed by atoms with Gasteiger partial charge in [-0.1, -0.05) is 12.8 Å². The maximum atomic E-state index is 13.2. The summed E-state index contributed by atoms with van der Waals surface area (Å²) in [5.74, 6) is 2.57. The minimum atomic E-state index is -4.54. The van der Waals surface area contributed by atoms with Crippen molar-refractivity contribution < 1.29 is 22.7 Å². The highest BCUT2D eigenvalue weighted by Crippen LogP contribution is 2.31. The van der Waals surface area contributed by atoms with Crippen LogP contribution in [0.1, 0.15) is 32.9 Å². The number of halogens is 3. The standard InChI is InChI=1S/C25H26F3N7O2/c1-5-16(24(36)34-12-15(4)37-18(6-2)13-34)10-30-21-20-23(32-14-31-21)35(7-3)22(33-20)17-8-9-19(29-11-17)25(26,27)28/h2,8-11,14-16,18H,5,7,12-13H2,1,3-4H3/b30-10-/t15-,16?,18+/m0/s1. The first kappa shape index (κ1) is 26.2. The van der Waals surface area contributed by atoms with E-state index >= 15 is 0 Å². The van der Waals surface area contributed by atoms with Crippen molar-refractivity contribution in [3.8, 4) is 23.7 Å². The molecule has 12 heteroatoms. The van der Waals surface area contributed by atoms with Crippen LogP contribution in [0.3, 0.4) is 0 Å². The Morgan fingerprint density at radius 3 is 2.70 bits per heavy atom. The van der Waals surface area contributed by atoms with Crippen molar-refractivity contribution in [3.05, 3.63) is 30.4 Å². The molecular formula is C25H26F3N7O2. The maximum Gasteiger partial charge on any atom is 0.433 e. The first-order valence-corrected chi connectivity index (χ1v) is 11.9. The van der Waals surface area contributed by atoms with Gasteiger partial charge < -0.3 is 14.2 Å². The maximum absolute atomic E-state index is 13.2. The highest BCUT2D eigenvalue weighted by molar-refractivity contribution is 5.95. The lowest BCUT2D eigenvalue weighted by Crippen LogP contribution is -2.50. The van der Waals surface area contributed by atoms with Gasteiger partial charge in [-0.3, -0.25) is 9.78 Å². The molecule has 3 aromatic rings. The Kier molecular flexibility index (Phi) is 7.54. The Balaban J connectivity index is 1.64. The van der Waals surface area contributed by atoms with E-state index in [1.165, 1.54) is 12.4 Å². The number of imidazole rings is 1. The van der Waals surface area contributed by atoms with Crippen molar-refractivity contribution >= 4 is 29.1 Å². The molecule has 1 saturated heterocycles. The summed E-state index contributed by atoms with van der Waals surface area (Å²) < 4.78 is 46.2. The average molecular weight is 514 g/mol. The second kappa shape index (κ2) is 10.6. The number of nitrogens with zero attached hydrogens (tertiary/aromatic N) is 7. The summed E-state index contributed by atoms with van der Waals surface area (Å²) in [4.78, 5) is 36.0. The quantitative estimate of drug-likeness (QED) is 0.366. The van der Waals surface area contributed by atoms with E-state index in [2.05, 4.69) is 30.8 Å². The lowest BCUT2D eigenvalue weighted by atomic mass is 10.0. The normalized spacial score (nSPS) is 19.3. The van der Waals surface area contributed by atoms with Gasteiger partial charge in [-0.05, 0) is 32.4 Å². The van der Waals surface area contributed by atoms with Crippen LogP contribution in [0.5, 0.6) is 0 Å². The molecule has 1 amide bonds. The SMILES string of the molecule is C#C[C@@H]1CN(C(=O)C(/C=N\c2ncnc3c2nc(-c2ccc(C(F)(F)F)nc2)n3CC)CC)C[C@H](C)O1. The van der Waals surface area contributed by atoms with E-state index in [1.807, 2.05) is 20.8 Å². The van der Waals surface area contributed by atoms with Crippen molar-refractivity contribution in [1.29, 1.82) is 0 Å². The summed E-state index contributed by atoms with van der Waals surface area (Å²) in [5, 5.41) is 0. The van der Waals surface area contributed by atoms with Crippen LogP contribution in [-0.2, 0) is 22.3 Å². The molecular weight excluding hydrogens is 487 g/mol. The van der Waals surface area contributed by atoms with E-state index in [4.69, 9.17) is 11.2 Å². The van der Waals surface area contributed by atoms with Gasteiger partial charge in [-0.2, -0.15) is 13.2 Å². The highest BCUT2D eigenvalue weighted by atomic mass is 19.4. The molecule has 0 aromatic carbocycles. The van der Waals surface area contributed by atoms with E-state index in [0.717, 1.165) is 12.3 Å². The van der Waals surface area contributed by atoms with E-state index in [0.29, 0.717) is 48.6 Å². The third-order valence-electron chi connectivity index (χ3n) is 6.03. The number of aromatic nitrogens is 5. The molecule has 37 heavy (non-hydrogen) atoms. The number of alkyl halides is 3. The van der Waals surface area contributed by atoms with E-state index in [1.54, 1.807) is 15.7 Å². The smallest absolute Gasteiger partial charge is 0.359 e. The molecule has 194 valence electrons. The van der Waals surface area contributed by atoms with Gasteiger partial charge in [-0.15, -0.1) is 6.42 Å². The van der Waals surface area contributed by atoms with Crippen LogP contribution in [0.2, 0.25) is 0 Å². The first-order valence-electron chi connectivity index (χ1n) is 11.9. The van der Waals surface area contributed by atoms with Crippen LogP contribution in [0.15, 0.2) is 29.6 Å². The molecule has 3 atom stereocenters. The van der Waals surface area contributed by atoms with Gasteiger partial charge in [0.1, 0.15) is 23.9 Å². The Bertz CT molecular complexity index is 1350. The molecule has 4 heterocycles. The van der Waals surface area contributed by atoms with Crippen LogP contribution in [0.25, 0.3) is 22.6 Å². The average Bonchev–Trinajstić information content (AvgIpc) is 3.27. The number of hydrogen-bond donors (Lipinski definition) is 0. The summed E-state index contributed by atoms with van der Waals surface area (Å²) in [6, 6.07) is 2.23. The van der Waals surface area contributed by atoms with Crippen molar-refractivity contribution in [2.45, 2.75) is 52.1 Å². The molecule has 0 aliphatic carbocycles. The van der Waals surface area contributed by atoms with Crippen LogP contribution < -0.4 is 0 Å². The number of carbonyl (C=O) groups is 1. The third kappa shape index (κ3) is 5.46. The fraction of sp³-hybridized carbons (Fsp3) is 0.440. The molecule has 9 nitrogen and oxygen atoms in total. The van der Waals surface area contributed by atoms with E-state index in [9.17, 15) is 18.0 Å². The van der Waals surface area contributed by atoms with Gasteiger partial charge in [0.05, 0.1) is 18.6 Å². The van der Waals surface area contributed by atoms with Crippen LogP contribution in [-0.4, -0.2) is 66.8 Å². The minimum Gasteiger partial charge on any atom is -0.359 e. The number of carbonyl (C=O) groups excluding carboxylic acids is 1. The largest absolute Gasteiger partial charge is 0.433 e. The Morgan fingerprint density at radius 2 is 2.08 bits per heavy atom. The zero-order chi connectivity index (χ0) is 26.7. The second-order valence-electron chi connectivity index (χ2n) is 8.62. The number of fused-ring (bicyclic) bond motifs is 1. The molecule has 0 spiro atoms. The molecule has 0 bridgehead atoms. The number of pyridine rings is 1. The number of rotatable bonds is 6. The number of hydrogen-bond acceptors (Lipinski definition) is 7. The van der Waals surface area contributed by atoms with Gasteiger partial charge in [0.25, 0.3) is 0 Å². The first-order chi connectivity index (χ1) is 17.7. The zero-order valence-corrected chi connectivity index (χ0v) is 20.6. The topological polar surface area (TPSA) is 98.4 Å². The lowest BCUT2D eigenvalue weighted by molar-refractivity contribution is -0.143. The molecule has 0 N–H and O–H groups in total. The van der Waals surface area contributed by atoms with Crippen LogP contribution >= 0.6 is 0 Å². The van der Waals surface area contributed by atoms with E-state index in [-0.39, 0.29) is 17.8 Å². The summed E-state index contributed by atoms with van der Waals surface area (Å²) in [7, 11) is 0. The fourth-order valence-corrected chi connectivity index (χ4v) is 4.20. The van der Waals surface area contributed by atoms with Crippen molar-refractivity contribution in [2.75, 3.05) is 13.1 Å². The number of terminal acetylenes is 1. The van der Waals surface area contributed by atoms with Crippen LogP contribution in [0, 0.1) is 18.3 Å². The minimum absolute atomic E-state index is 0.109. The molecule has 1 aliphatic rings. The Labute approximate surface area is 211 Å². The number of aliphatic imine (C=N–C) groups is 1. The summed E-state index contributed by atoms with van der Waals surface area (Å²) in [6.45, 7) is 6.82. The van der Waals surface area contributed by atoms with E-state index < -0.39 is 23.9 Å². The van der Waals surface area contributed by atoms with Crippen LogP contribution in [0.4, 0.5) is 19.0 Å². The fourth-order valence-electron chi connectivity index (χ4n) is 4.20. The van der Waals surface area contributed by atoms with Gasteiger partial charge >= 0.3 is 6.18 Å². The number of aryl methyl sites for hydroxylation is 1.